The third-order valence-corrected chi connectivity index (χ3v) is 3.04. The van der Waals surface area contributed by atoms with Gasteiger partial charge in [0.25, 0.3) is 0 Å². The molecule has 0 aliphatic carbocycles. The third kappa shape index (κ3) is 3.03. The van der Waals surface area contributed by atoms with E-state index in [1.54, 1.807) is 12.4 Å². The molecular formula is C13H19NO2. The summed E-state index contributed by atoms with van der Waals surface area (Å²) in [5.41, 5.74) is 1.98. The lowest BCUT2D eigenvalue weighted by Gasteiger charge is -2.24. The maximum absolute atomic E-state index is 10.1. The molecule has 3 nitrogen and oxygen atoms in total. The molecule has 3 heteroatoms. The lowest BCUT2D eigenvalue weighted by atomic mass is 9.99. The molecule has 88 valence electrons. The molecule has 1 aliphatic heterocycles. The fourth-order valence-corrected chi connectivity index (χ4v) is 2.14. The van der Waals surface area contributed by atoms with Crippen molar-refractivity contribution in [1.82, 2.24) is 4.98 Å². The molecule has 0 radical (unpaired) electrons. The number of nitrogens with zero attached hydrogens (tertiary/aromatic N) is 1. The Bertz CT molecular complexity index is 334. The zero-order valence-corrected chi connectivity index (χ0v) is 9.72. The zero-order valence-electron chi connectivity index (χ0n) is 9.72. The van der Waals surface area contributed by atoms with Crippen molar-refractivity contribution in [2.75, 3.05) is 6.61 Å². The Kier molecular flexibility index (Phi) is 3.91. The third-order valence-electron chi connectivity index (χ3n) is 3.04. The molecule has 2 heterocycles. The maximum atomic E-state index is 10.1. The van der Waals surface area contributed by atoms with E-state index in [0.29, 0.717) is 6.42 Å². The van der Waals surface area contributed by atoms with Crippen molar-refractivity contribution >= 4 is 0 Å². The van der Waals surface area contributed by atoms with E-state index < -0.39 is 6.10 Å². The Hall–Kier alpha value is -0.930. The summed E-state index contributed by atoms with van der Waals surface area (Å²) in [7, 11) is 0. The van der Waals surface area contributed by atoms with Crippen molar-refractivity contribution in [2.45, 2.75) is 44.8 Å². The van der Waals surface area contributed by atoms with Crippen LogP contribution in [0.5, 0.6) is 0 Å². The SMILES string of the molecule is Cc1cncc(C(O)CC2CCCCO2)c1. The summed E-state index contributed by atoms with van der Waals surface area (Å²) >= 11 is 0. The van der Waals surface area contributed by atoms with Crippen LogP contribution < -0.4 is 0 Å². The van der Waals surface area contributed by atoms with Crippen LogP contribution in [0, 0.1) is 6.92 Å². The number of aliphatic hydroxyl groups is 1. The molecule has 0 bridgehead atoms. The van der Waals surface area contributed by atoms with Crippen LogP contribution in [-0.4, -0.2) is 22.8 Å². The average molecular weight is 221 g/mol. The van der Waals surface area contributed by atoms with Gasteiger partial charge in [0.2, 0.25) is 0 Å². The molecule has 1 N–H and O–H groups in total. The van der Waals surface area contributed by atoms with E-state index in [1.807, 2.05) is 13.0 Å². The highest BCUT2D eigenvalue weighted by Crippen LogP contribution is 2.24. The van der Waals surface area contributed by atoms with Gasteiger partial charge in [0, 0.05) is 25.4 Å². The highest BCUT2D eigenvalue weighted by Gasteiger charge is 2.19. The van der Waals surface area contributed by atoms with E-state index in [4.69, 9.17) is 4.74 Å². The van der Waals surface area contributed by atoms with Crippen LogP contribution in [0.4, 0.5) is 0 Å². The first-order valence-corrected chi connectivity index (χ1v) is 5.97. The first-order chi connectivity index (χ1) is 7.75. The van der Waals surface area contributed by atoms with Gasteiger partial charge in [-0.15, -0.1) is 0 Å². The second-order valence-corrected chi connectivity index (χ2v) is 4.54. The summed E-state index contributed by atoms with van der Waals surface area (Å²) < 4.78 is 5.62. The van der Waals surface area contributed by atoms with Gasteiger partial charge < -0.3 is 9.84 Å². The number of hydrogen-bond donors (Lipinski definition) is 1. The van der Waals surface area contributed by atoms with Gasteiger partial charge in [0.05, 0.1) is 12.2 Å². The van der Waals surface area contributed by atoms with E-state index >= 15 is 0 Å². The Morgan fingerprint density at radius 3 is 3.06 bits per heavy atom. The van der Waals surface area contributed by atoms with E-state index in [2.05, 4.69) is 4.98 Å². The Morgan fingerprint density at radius 1 is 1.50 bits per heavy atom. The Balaban J connectivity index is 1.94. The molecule has 2 rings (SSSR count). The summed E-state index contributed by atoms with van der Waals surface area (Å²) in [6.07, 6.45) is 7.41. The van der Waals surface area contributed by atoms with Gasteiger partial charge in [-0.05, 0) is 37.3 Å². The molecule has 1 aliphatic rings. The van der Waals surface area contributed by atoms with Gasteiger partial charge >= 0.3 is 0 Å². The molecule has 16 heavy (non-hydrogen) atoms. The molecule has 1 aromatic heterocycles. The lowest BCUT2D eigenvalue weighted by molar-refractivity contribution is -0.0156. The molecule has 0 spiro atoms. The largest absolute Gasteiger partial charge is 0.388 e. The van der Waals surface area contributed by atoms with Crippen molar-refractivity contribution in [3.05, 3.63) is 29.6 Å². The number of rotatable bonds is 3. The quantitative estimate of drug-likeness (QED) is 0.852. The summed E-state index contributed by atoms with van der Waals surface area (Å²) in [4.78, 5) is 4.10. The zero-order chi connectivity index (χ0) is 11.4. The van der Waals surface area contributed by atoms with Crippen LogP contribution in [0.15, 0.2) is 18.5 Å². The van der Waals surface area contributed by atoms with Crippen LogP contribution in [0.25, 0.3) is 0 Å². The van der Waals surface area contributed by atoms with E-state index in [0.717, 1.165) is 30.6 Å². The minimum absolute atomic E-state index is 0.212. The predicted octanol–water partition coefficient (Wildman–Crippen LogP) is 2.38. The van der Waals surface area contributed by atoms with E-state index in [-0.39, 0.29) is 6.10 Å². The number of pyridine rings is 1. The smallest absolute Gasteiger partial charge is 0.0829 e. The number of aromatic nitrogens is 1. The van der Waals surface area contributed by atoms with Crippen molar-refractivity contribution < 1.29 is 9.84 Å². The van der Waals surface area contributed by atoms with Crippen molar-refractivity contribution in [3.8, 4) is 0 Å². The summed E-state index contributed by atoms with van der Waals surface area (Å²) in [5, 5.41) is 10.1. The van der Waals surface area contributed by atoms with E-state index in [1.165, 1.54) is 6.42 Å². The molecule has 1 aromatic rings. The van der Waals surface area contributed by atoms with E-state index in [9.17, 15) is 5.11 Å². The highest BCUT2D eigenvalue weighted by molar-refractivity contribution is 5.18. The van der Waals surface area contributed by atoms with Crippen molar-refractivity contribution in [3.63, 3.8) is 0 Å². The minimum atomic E-state index is -0.449. The van der Waals surface area contributed by atoms with Gasteiger partial charge in [0.1, 0.15) is 0 Å². The molecule has 2 unspecified atom stereocenters. The van der Waals surface area contributed by atoms with Crippen LogP contribution in [0.1, 0.15) is 42.9 Å². The molecule has 1 fully saturated rings. The predicted molar refractivity (Wildman–Crippen MR) is 62.1 cm³/mol. The summed E-state index contributed by atoms with van der Waals surface area (Å²) in [5.74, 6) is 0. The second-order valence-electron chi connectivity index (χ2n) is 4.54. The van der Waals surface area contributed by atoms with Gasteiger partial charge in [-0.3, -0.25) is 4.98 Å². The van der Waals surface area contributed by atoms with Crippen LogP contribution in [0.3, 0.4) is 0 Å². The van der Waals surface area contributed by atoms with Crippen molar-refractivity contribution in [1.29, 1.82) is 0 Å². The van der Waals surface area contributed by atoms with Gasteiger partial charge in [0.15, 0.2) is 0 Å². The fraction of sp³-hybridized carbons (Fsp3) is 0.615. The number of aryl methyl sites for hydroxylation is 1. The maximum Gasteiger partial charge on any atom is 0.0829 e. The van der Waals surface area contributed by atoms with Gasteiger partial charge in [-0.1, -0.05) is 6.07 Å². The first-order valence-electron chi connectivity index (χ1n) is 5.97. The Morgan fingerprint density at radius 2 is 2.38 bits per heavy atom. The van der Waals surface area contributed by atoms with Gasteiger partial charge in [-0.25, -0.2) is 0 Å². The number of aliphatic hydroxyl groups excluding tert-OH is 1. The topological polar surface area (TPSA) is 42.4 Å². The summed E-state index contributed by atoms with van der Waals surface area (Å²) in [6, 6.07) is 1.99. The second kappa shape index (κ2) is 5.41. The van der Waals surface area contributed by atoms with Crippen LogP contribution >= 0.6 is 0 Å². The normalized spacial score (nSPS) is 23.0. The van der Waals surface area contributed by atoms with Crippen LogP contribution in [0.2, 0.25) is 0 Å². The highest BCUT2D eigenvalue weighted by atomic mass is 16.5. The number of ether oxygens (including phenoxy) is 1. The lowest BCUT2D eigenvalue weighted by Crippen LogP contribution is -2.21. The average Bonchev–Trinajstić information content (AvgIpc) is 2.30. The van der Waals surface area contributed by atoms with Crippen molar-refractivity contribution in [2.24, 2.45) is 0 Å². The monoisotopic (exact) mass is 221 g/mol. The molecule has 0 saturated carbocycles. The van der Waals surface area contributed by atoms with Gasteiger partial charge in [-0.2, -0.15) is 0 Å². The minimum Gasteiger partial charge on any atom is -0.388 e. The molecular weight excluding hydrogens is 202 g/mol. The molecule has 1 saturated heterocycles. The fourth-order valence-electron chi connectivity index (χ4n) is 2.14. The molecule has 2 atom stereocenters. The van der Waals surface area contributed by atoms with Crippen LogP contribution in [-0.2, 0) is 4.74 Å². The standard InChI is InChI=1S/C13H19NO2/c1-10-6-11(9-14-8-10)13(15)7-12-4-2-3-5-16-12/h6,8-9,12-13,15H,2-5,7H2,1H3. The Labute approximate surface area is 96.5 Å². The first kappa shape index (κ1) is 11.6. The number of hydrogen-bond acceptors (Lipinski definition) is 3. The summed E-state index contributed by atoms with van der Waals surface area (Å²) in [6.45, 7) is 2.82. The molecule has 0 aromatic carbocycles. The molecule has 0 amide bonds.